The highest BCUT2D eigenvalue weighted by molar-refractivity contribution is 9.10. The maximum absolute atomic E-state index is 13.7. The molecule has 2 aromatic carbocycles. The highest BCUT2D eigenvalue weighted by atomic mass is 79.9. The van der Waals surface area contributed by atoms with Crippen molar-refractivity contribution in [2.45, 2.75) is 12.8 Å². The lowest BCUT2D eigenvalue weighted by Crippen LogP contribution is -2.13. The molecular weight excluding hydrogens is 373 g/mol. The average Bonchev–Trinajstić information content (AvgIpc) is 3.03. The van der Waals surface area contributed by atoms with Crippen molar-refractivity contribution in [1.29, 1.82) is 0 Å². The number of carbonyl (C=O) groups excluding carboxylic acids is 1. The van der Waals surface area contributed by atoms with E-state index in [1.54, 1.807) is 29.1 Å². The second-order valence-electron chi connectivity index (χ2n) is 5.27. The fourth-order valence-electron chi connectivity index (χ4n) is 2.29. The summed E-state index contributed by atoms with van der Waals surface area (Å²) in [5, 5.41) is 7.04. The summed E-state index contributed by atoms with van der Waals surface area (Å²) in [7, 11) is 0. The zero-order chi connectivity index (χ0) is 16.9. The second kappa shape index (κ2) is 7.40. The van der Waals surface area contributed by atoms with Gasteiger partial charge >= 0.3 is 0 Å². The smallest absolute Gasteiger partial charge is 0.225 e. The van der Waals surface area contributed by atoms with Crippen molar-refractivity contribution in [3.05, 3.63) is 76.6 Å². The Kier molecular flexibility index (Phi) is 5.05. The van der Waals surface area contributed by atoms with Crippen molar-refractivity contribution in [3.8, 4) is 5.69 Å². The number of nitrogens with one attached hydrogen (secondary N) is 1. The van der Waals surface area contributed by atoms with Crippen molar-refractivity contribution in [2.75, 3.05) is 5.32 Å². The van der Waals surface area contributed by atoms with Gasteiger partial charge in [-0.15, -0.1) is 0 Å². The molecule has 0 aliphatic rings. The van der Waals surface area contributed by atoms with Gasteiger partial charge in [0.15, 0.2) is 5.82 Å². The summed E-state index contributed by atoms with van der Waals surface area (Å²) in [6.07, 6.45) is 2.31. The Morgan fingerprint density at radius 3 is 2.71 bits per heavy atom. The Morgan fingerprint density at radius 2 is 1.96 bits per heavy atom. The Hall–Kier alpha value is -2.47. The fraction of sp³-hybridized carbons (Fsp3) is 0.111. The second-order valence-corrected chi connectivity index (χ2v) is 6.18. The maximum atomic E-state index is 13.7. The van der Waals surface area contributed by atoms with Gasteiger partial charge in [-0.1, -0.05) is 40.2 Å². The van der Waals surface area contributed by atoms with Gasteiger partial charge in [0.25, 0.3) is 0 Å². The van der Waals surface area contributed by atoms with E-state index in [2.05, 4.69) is 26.3 Å². The highest BCUT2D eigenvalue weighted by Gasteiger charge is 2.09. The molecule has 0 saturated carbocycles. The summed E-state index contributed by atoms with van der Waals surface area (Å²) in [6.45, 7) is 0. The molecule has 3 aromatic rings. The molecule has 0 atom stereocenters. The Labute approximate surface area is 147 Å². The fourth-order valence-corrected chi connectivity index (χ4v) is 2.63. The van der Waals surface area contributed by atoms with E-state index in [-0.39, 0.29) is 18.1 Å². The first-order valence-electron chi connectivity index (χ1n) is 7.47. The third-order valence-electron chi connectivity index (χ3n) is 3.51. The summed E-state index contributed by atoms with van der Waals surface area (Å²) in [5.74, 6) is -0.0405. The first-order chi connectivity index (χ1) is 11.6. The third kappa shape index (κ3) is 4.08. The van der Waals surface area contributed by atoms with Crippen LogP contribution < -0.4 is 5.32 Å². The van der Waals surface area contributed by atoms with Crippen molar-refractivity contribution in [2.24, 2.45) is 0 Å². The van der Waals surface area contributed by atoms with Gasteiger partial charge in [-0.3, -0.25) is 4.79 Å². The van der Waals surface area contributed by atoms with Gasteiger partial charge in [-0.2, -0.15) is 5.10 Å². The minimum absolute atomic E-state index is 0.191. The molecule has 0 unspecified atom stereocenters. The van der Waals surface area contributed by atoms with Crippen LogP contribution in [0.2, 0.25) is 0 Å². The standard InChI is InChI=1S/C18H15BrFN3O/c19-14-8-6-13(16(20)12-14)7-9-18(24)21-17-10-11-23(22-17)15-4-2-1-3-5-15/h1-6,8,10-12H,7,9H2,(H,21,22,24). The molecule has 3 rings (SSSR count). The molecule has 0 saturated heterocycles. The topological polar surface area (TPSA) is 46.9 Å². The van der Waals surface area contributed by atoms with Crippen molar-refractivity contribution < 1.29 is 9.18 Å². The van der Waals surface area contributed by atoms with Crippen molar-refractivity contribution >= 4 is 27.7 Å². The normalized spacial score (nSPS) is 10.6. The van der Waals surface area contributed by atoms with Crippen LogP contribution in [0.1, 0.15) is 12.0 Å². The molecule has 24 heavy (non-hydrogen) atoms. The van der Waals surface area contributed by atoms with Gasteiger partial charge in [0.2, 0.25) is 5.91 Å². The van der Waals surface area contributed by atoms with E-state index in [0.717, 1.165) is 5.69 Å². The predicted octanol–water partition coefficient (Wildman–Crippen LogP) is 4.35. The summed E-state index contributed by atoms with van der Waals surface area (Å²) >= 11 is 3.21. The van der Waals surface area contributed by atoms with Gasteiger partial charge in [0, 0.05) is 23.2 Å². The molecule has 122 valence electrons. The number of amides is 1. The van der Waals surface area contributed by atoms with Gasteiger partial charge < -0.3 is 5.32 Å². The molecule has 4 nitrogen and oxygen atoms in total. The zero-order valence-electron chi connectivity index (χ0n) is 12.7. The number of benzene rings is 2. The third-order valence-corrected chi connectivity index (χ3v) is 4.01. The number of carbonyl (C=O) groups is 1. The number of rotatable bonds is 5. The minimum Gasteiger partial charge on any atom is -0.309 e. The van der Waals surface area contributed by atoms with Crippen LogP contribution in [0, 0.1) is 5.82 Å². The maximum Gasteiger partial charge on any atom is 0.225 e. The lowest BCUT2D eigenvalue weighted by Gasteiger charge is -2.04. The Bertz CT molecular complexity index is 848. The Morgan fingerprint density at radius 1 is 1.17 bits per heavy atom. The van der Waals surface area contributed by atoms with Gasteiger partial charge in [-0.05, 0) is 36.2 Å². The number of aromatic nitrogens is 2. The molecule has 0 spiro atoms. The zero-order valence-corrected chi connectivity index (χ0v) is 14.3. The molecule has 0 fully saturated rings. The lowest BCUT2D eigenvalue weighted by atomic mass is 10.1. The summed E-state index contributed by atoms with van der Waals surface area (Å²) < 4.78 is 16.1. The van der Waals surface area contributed by atoms with Gasteiger partial charge in [-0.25, -0.2) is 9.07 Å². The number of halogens is 2. The monoisotopic (exact) mass is 387 g/mol. The minimum atomic E-state index is -0.314. The largest absolute Gasteiger partial charge is 0.309 e. The summed E-state index contributed by atoms with van der Waals surface area (Å²) in [4.78, 5) is 12.0. The van der Waals surface area contributed by atoms with Crippen LogP contribution in [-0.2, 0) is 11.2 Å². The molecule has 1 aromatic heterocycles. The number of hydrogen-bond donors (Lipinski definition) is 1. The van der Waals surface area contributed by atoms with E-state index in [4.69, 9.17) is 0 Å². The van der Waals surface area contributed by atoms with E-state index in [9.17, 15) is 9.18 Å². The van der Waals surface area contributed by atoms with Gasteiger partial charge in [0.05, 0.1) is 5.69 Å². The number of aryl methyl sites for hydroxylation is 1. The van der Waals surface area contributed by atoms with Crippen LogP contribution in [0.25, 0.3) is 5.69 Å². The molecular formula is C18H15BrFN3O. The molecule has 1 N–H and O–H groups in total. The number of para-hydroxylation sites is 1. The van der Waals surface area contributed by atoms with E-state index >= 15 is 0 Å². The average molecular weight is 388 g/mol. The molecule has 0 aliphatic carbocycles. The number of nitrogens with zero attached hydrogens (tertiary/aromatic N) is 2. The first kappa shape index (κ1) is 16.4. The SMILES string of the molecule is O=C(CCc1ccc(Br)cc1F)Nc1ccn(-c2ccccc2)n1. The quantitative estimate of drug-likeness (QED) is 0.707. The number of hydrogen-bond acceptors (Lipinski definition) is 2. The van der Waals surface area contributed by atoms with E-state index < -0.39 is 0 Å². The van der Waals surface area contributed by atoms with Crippen LogP contribution in [0.3, 0.4) is 0 Å². The first-order valence-corrected chi connectivity index (χ1v) is 8.26. The Balaban J connectivity index is 1.58. The van der Waals surface area contributed by atoms with Gasteiger partial charge in [0.1, 0.15) is 5.82 Å². The predicted molar refractivity (Wildman–Crippen MR) is 94.6 cm³/mol. The summed E-state index contributed by atoms with van der Waals surface area (Å²) in [5.41, 5.74) is 1.43. The molecule has 1 amide bonds. The summed E-state index contributed by atoms with van der Waals surface area (Å²) in [6, 6.07) is 16.2. The molecule has 0 bridgehead atoms. The van der Waals surface area contributed by atoms with Crippen LogP contribution in [0.15, 0.2) is 65.3 Å². The van der Waals surface area contributed by atoms with Crippen LogP contribution in [0.5, 0.6) is 0 Å². The highest BCUT2D eigenvalue weighted by Crippen LogP contribution is 2.17. The molecule has 1 heterocycles. The van der Waals surface area contributed by atoms with Crippen molar-refractivity contribution in [3.63, 3.8) is 0 Å². The molecule has 0 aliphatic heterocycles. The van der Waals surface area contributed by atoms with Crippen molar-refractivity contribution in [1.82, 2.24) is 9.78 Å². The van der Waals surface area contributed by atoms with Crippen LogP contribution in [0.4, 0.5) is 10.2 Å². The lowest BCUT2D eigenvalue weighted by molar-refractivity contribution is -0.116. The van der Waals surface area contributed by atoms with Crippen LogP contribution >= 0.6 is 15.9 Å². The molecule has 0 radical (unpaired) electrons. The molecule has 6 heteroatoms. The van der Waals surface area contributed by atoms with E-state index in [1.165, 1.54) is 6.07 Å². The number of anilines is 1. The van der Waals surface area contributed by atoms with Crippen LogP contribution in [-0.4, -0.2) is 15.7 Å². The van der Waals surface area contributed by atoms with E-state index in [1.807, 2.05) is 30.3 Å². The van der Waals surface area contributed by atoms with E-state index in [0.29, 0.717) is 22.3 Å².